The molecule has 6 rings (SSSR count). The van der Waals surface area contributed by atoms with E-state index < -0.39 is 5.97 Å². The van der Waals surface area contributed by atoms with Crippen LogP contribution >= 0.6 is 0 Å². The first-order chi connectivity index (χ1) is 28.9. The minimum atomic E-state index is -0.882. The van der Waals surface area contributed by atoms with Crippen molar-refractivity contribution in [3.63, 3.8) is 0 Å². The molecule has 0 aliphatic heterocycles. The lowest BCUT2D eigenvalue weighted by Crippen LogP contribution is -2.24. The van der Waals surface area contributed by atoms with Crippen molar-refractivity contribution in [1.82, 2.24) is 10.3 Å². The van der Waals surface area contributed by atoms with Gasteiger partial charge in [0.25, 0.3) is 5.91 Å². The first-order valence-electron chi connectivity index (χ1n) is 20.7. The summed E-state index contributed by atoms with van der Waals surface area (Å²) < 4.78 is 27.8. The Hall–Kier alpha value is -4.98. The van der Waals surface area contributed by atoms with Crippen molar-refractivity contribution in [2.24, 2.45) is 0 Å². The Balaban J connectivity index is 0.000000500. The minimum Gasteiger partial charge on any atom is -0.490 e. The van der Waals surface area contributed by atoms with Crippen LogP contribution in [0.15, 0.2) is 85.1 Å². The number of aromatic nitrogens is 1. The SMILES string of the molecule is CNC.O=Cc1ccnc(-c2cc(OC3CCC3)ccc2NC(=O)c2cccc(CCCOCCOCCOCCOCCC(=O)O)c2)c1.c1ccc2c(c1)CCCC2. The van der Waals surface area contributed by atoms with E-state index in [9.17, 15) is 14.4 Å². The Labute approximate surface area is 349 Å². The topological polar surface area (TPSA) is 155 Å². The van der Waals surface area contributed by atoms with E-state index in [1.165, 1.54) is 25.7 Å². The van der Waals surface area contributed by atoms with Crippen LogP contribution in [0, 0.1) is 0 Å². The molecular formula is C47H61N3O9. The van der Waals surface area contributed by atoms with Gasteiger partial charge in [0.1, 0.15) is 12.0 Å². The summed E-state index contributed by atoms with van der Waals surface area (Å²) in [5.74, 6) is -0.424. The number of nitrogens with one attached hydrogen (secondary N) is 2. The maximum Gasteiger partial charge on any atom is 0.305 e. The average Bonchev–Trinajstić information content (AvgIpc) is 3.24. The van der Waals surface area contributed by atoms with Crippen molar-refractivity contribution in [2.45, 2.75) is 70.3 Å². The molecule has 318 valence electrons. The number of carboxylic acid groups (broad SMARTS) is 1. The van der Waals surface area contributed by atoms with Crippen LogP contribution in [0.5, 0.6) is 5.75 Å². The zero-order chi connectivity index (χ0) is 41.9. The third-order valence-electron chi connectivity index (χ3n) is 9.57. The van der Waals surface area contributed by atoms with Gasteiger partial charge in [0.15, 0.2) is 0 Å². The van der Waals surface area contributed by atoms with Gasteiger partial charge in [-0.3, -0.25) is 19.4 Å². The largest absolute Gasteiger partial charge is 0.490 e. The number of nitrogens with zero attached hydrogens (tertiary/aromatic N) is 1. The fourth-order valence-electron chi connectivity index (χ4n) is 6.30. The molecule has 0 bridgehead atoms. The Kier molecular flexibility index (Phi) is 21.9. The second-order valence-corrected chi connectivity index (χ2v) is 14.3. The number of carbonyl (C=O) groups is 3. The predicted molar refractivity (Wildman–Crippen MR) is 230 cm³/mol. The van der Waals surface area contributed by atoms with E-state index in [0.29, 0.717) is 80.1 Å². The van der Waals surface area contributed by atoms with E-state index in [1.54, 1.807) is 35.5 Å². The summed E-state index contributed by atoms with van der Waals surface area (Å²) in [6, 6.07) is 25.2. The molecule has 0 atom stereocenters. The monoisotopic (exact) mass is 811 g/mol. The van der Waals surface area contributed by atoms with Crippen LogP contribution in [0.4, 0.5) is 5.69 Å². The summed E-state index contributed by atoms with van der Waals surface area (Å²) in [6.07, 6.45) is 12.7. The van der Waals surface area contributed by atoms with Crippen LogP contribution in [0.25, 0.3) is 11.3 Å². The quantitative estimate of drug-likeness (QED) is 0.0531. The smallest absolute Gasteiger partial charge is 0.305 e. The molecule has 1 heterocycles. The van der Waals surface area contributed by atoms with Gasteiger partial charge in [-0.1, -0.05) is 36.4 Å². The summed E-state index contributed by atoms with van der Waals surface area (Å²) >= 11 is 0. The van der Waals surface area contributed by atoms with E-state index >= 15 is 0 Å². The molecule has 1 aromatic heterocycles. The maximum absolute atomic E-state index is 13.3. The number of amides is 1. The molecular weight excluding hydrogens is 751 g/mol. The normalized spacial score (nSPS) is 13.1. The summed E-state index contributed by atoms with van der Waals surface area (Å²) in [5, 5.41) is 14.3. The molecule has 12 nitrogen and oxygen atoms in total. The van der Waals surface area contributed by atoms with Crippen molar-refractivity contribution in [1.29, 1.82) is 0 Å². The van der Waals surface area contributed by atoms with Gasteiger partial charge in [-0.2, -0.15) is 0 Å². The van der Waals surface area contributed by atoms with Crippen LogP contribution in [-0.4, -0.2) is 101 Å². The highest BCUT2D eigenvalue weighted by Gasteiger charge is 2.20. The number of rotatable bonds is 22. The molecule has 59 heavy (non-hydrogen) atoms. The molecule has 1 saturated carbocycles. The Morgan fingerprint density at radius 2 is 1.41 bits per heavy atom. The van der Waals surface area contributed by atoms with Crippen molar-refractivity contribution in [3.8, 4) is 17.0 Å². The number of carbonyl (C=O) groups excluding carboxylic acids is 2. The number of carboxylic acids is 1. The standard InChI is InChI=1S/C35H42N2O9.C10H12.C2H7N/c38-25-27-11-13-36-33(23-27)31-24-30(46-29-7-2-8-29)9-10-32(31)37-35(41)28-6-1-4-26(22-28)5-3-14-42-16-18-44-20-21-45-19-17-43-15-12-34(39)40;1-2-6-10-8-4-3-7-9(10)5-1;1-3-2/h1,4,6,9-11,13,22-25,29H,2-3,5,7-8,12,14-21H2,(H,37,41)(H,39,40);1-2,5-6H,3-4,7-8H2;3H,1-2H3. The number of benzene rings is 3. The van der Waals surface area contributed by atoms with Crippen LogP contribution in [0.2, 0.25) is 0 Å². The zero-order valence-electron chi connectivity index (χ0n) is 34.6. The molecule has 0 saturated heterocycles. The number of pyridine rings is 1. The second kappa shape index (κ2) is 27.7. The molecule has 2 aliphatic carbocycles. The number of hydrogen-bond donors (Lipinski definition) is 3. The lowest BCUT2D eigenvalue weighted by molar-refractivity contribution is -0.138. The van der Waals surface area contributed by atoms with Gasteiger partial charge >= 0.3 is 5.97 Å². The average molecular weight is 812 g/mol. The fourth-order valence-corrected chi connectivity index (χ4v) is 6.30. The van der Waals surface area contributed by atoms with Gasteiger partial charge in [0, 0.05) is 29.5 Å². The van der Waals surface area contributed by atoms with E-state index in [0.717, 1.165) is 44.0 Å². The second-order valence-electron chi connectivity index (χ2n) is 14.3. The van der Waals surface area contributed by atoms with Gasteiger partial charge in [-0.05, 0) is 131 Å². The lowest BCUT2D eigenvalue weighted by atomic mass is 9.92. The molecule has 1 fully saturated rings. The number of aldehydes is 1. The third-order valence-corrected chi connectivity index (χ3v) is 9.57. The number of hydrogen-bond acceptors (Lipinski definition) is 10. The molecule has 1 amide bonds. The Bertz CT molecular complexity index is 1820. The molecule has 3 aromatic carbocycles. The molecule has 4 aromatic rings. The third kappa shape index (κ3) is 17.8. The highest BCUT2D eigenvalue weighted by Crippen LogP contribution is 2.34. The Morgan fingerprint density at radius 1 is 0.763 bits per heavy atom. The highest BCUT2D eigenvalue weighted by atomic mass is 16.6. The molecule has 0 unspecified atom stereocenters. The van der Waals surface area contributed by atoms with E-state index in [1.807, 2.05) is 50.5 Å². The summed E-state index contributed by atoms with van der Waals surface area (Å²) in [7, 11) is 3.75. The van der Waals surface area contributed by atoms with Gasteiger partial charge in [-0.15, -0.1) is 0 Å². The summed E-state index contributed by atoms with van der Waals surface area (Å²) in [5.41, 5.74) is 7.05. The van der Waals surface area contributed by atoms with Crippen LogP contribution < -0.4 is 15.4 Å². The Morgan fingerprint density at radius 3 is 2.02 bits per heavy atom. The van der Waals surface area contributed by atoms with Crippen molar-refractivity contribution >= 4 is 23.9 Å². The predicted octanol–water partition coefficient (Wildman–Crippen LogP) is 7.62. The zero-order valence-corrected chi connectivity index (χ0v) is 34.6. The maximum atomic E-state index is 13.3. The van der Waals surface area contributed by atoms with Crippen LogP contribution in [0.1, 0.15) is 82.4 Å². The van der Waals surface area contributed by atoms with Gasteiger partial charge in [-0.25, -0.2) is 0 Å². The van der Waals surface area contributed by atoms with Gasteiger partial charge in [0.05, 0.1) is 70.2 Å². The number of ether oxygens (including phenoxy) is 5. The summed E-state index contributed by atoms with van der Waals surface area (Å²) in [6.45, 7) is 3.28. The number of aryl methyl sites for hydroxylation is 3. The first-order valence-corrected chi connectivity index (χ1v) is 20.7. The molecule has 2 aliphatic rings. The van der Waals surface area contributed by atoms with Gasteiger partial charge < -0.3 is 39.4 Å². The summed E-state index contributed by atoms with van der Waals surface area (Å²) in [4.78, 5) is 39.6. The first kappa shape index (κ1) is 46.7. The molecule has 0 radical (unpaired) electrons. The fraction of sp³-hybridized carbons (Fsp3) is 0.447. The number of fused-ring (bicyclic) bond motifs is 1. The van der Waals surface area contributed by atoms with Crippen LogP contribution in [0.3, 0.4) is 0 Å². The molecule has 0 spiro atoms. The highest BCUT2D eigenvalue weighted by molar-refractivity contribution is 6.06. The van der Waals surface area contributed by atoms with E-state index in [4.69, 9.17) is 28.8 Å². The van der Waals surface area contributed by atoms with Gasteiger partial charge in [0.2, 0.25) is 0 Å². The van der Waals surface area contributed by atoms with Crippen molar-refractivity contribution in [2.75, 3.05) is 72.3 Å². The lowest BCUT2D eigenvalue weighted by Gasteiger charge is -2.26. The molecule has 3 N–H and O–H groups in total. The van der Waals surface area contributed by atoms with Crippen LogP contribution in [-0.2, 0) is 43.0 Å². The van der Waals surface area contributed by atoms with E-state index in [2.05, 4.69) is 39.9 Å². The minimum absolute atomic E-state index is 0.0142. The molecule has 12 heteroatoms. The number of anilines is 1. The van der Waals surface area contributed by atoms with Crippen molar-refractivity contribution in [3.05, 3.63) is 113 Å². The van der Waals surface area contributed by atoms with E-state index in [-0.39, 0.29) is 25.0 Å². The number of aliphatic carboxylic acids is 1. The van der Waals surface area contributed by atoms with Crippen molar-refractivity contribution < 1.29 is 43.2 Å².